The lowest BCUT2D eigenvalue weighted by atomic mass is 9.95. The largest absolute Gasteiger partial charge is 0.319 e. The Morgan fingerprint density at radius 3 is 2.38 bits per heavy atom. The van der Waals surface area contributed by atoms with Crippen LogP contribution in [0.2, 0.25) is 0 Å². The highest BCUT2D eigenvalue weighted by molar-refractivity contribution is 5.98. The monoisotopic (exact) mass is 281 g/mol. The van der Waals surface area contributed by atoms with Crippen molar-refractivity contribution >= 4 is 5.78 Å². The molecule has 21 heavy (non-hydrogen) atoms. The summed E-state index contributed by atoms with van der Waals surface area (Å²) in [5.41, 5.74) is 5.50. The standard InChI is InChI=1S/C19H23NO/c1-14-10-15(2)12-16(11-14)13-19(21)18-7-5-4-6-17(18)8-9-20-3/h4-7,10-12,20H,8-9,13H2,1-3H3. The Morgan fingerprint density at radius 2 is 1.71 bits per heavy atom. The second-order valence-corrected chi connectivity index (χ2v) is 5.61. The van der Waals surface area contributed by atoms with E-state index in [0.717, 1.165) is 29.7 Å². The van der Waals surface area contributed by atoms with Gasteiger partial charge in [0.25, 0.3) is 0 Å². The molecule has 0 aromatic heterocycles. The van der Waals surface area contributed by atoms with Crippen LogP contribution in [0.1, 0.15) is 32.6 Å². The summed E-state index contributed by atoms with van der Waals surface area (Å²) in [6.45, 7) is 5.03. The van der Waals surface area contributed by atoms with E-state index in [-0.39, 0.29) is 5.78 Å². The lowest BCUT2D eigenvalue weighted by Gasteiger charge is -2.09. The summed E-state index contributed by atoms with van der Waals surface area (Å²) in [6, 6.07) is 14.3. The van der Waals surface area contributed by atoms with Crippen molar-refractivity contribution in [3.8, 4) is 0 Å². The molecule has 0 bridgehead atoms. The first-order valence-corrected chi connectivity index (χ1v) is 7.43. The summed E-state index contributed by atoms with van der Waals surface area (Å²) in [7, 11) is 1.93. The summed E-state index contributed by atoms with van der Waals surface area (Å²) in [5.74, 6) is 0.201. The van der Waals surface area contributed by atoms with Gasteiger partial charge in [-0.2, -0.15) is 0 Å². The molecule has 0 aliphatic heterocycles. The van der Waals surface area contributed by atoms with E-state index in [1.807, 2.05) is 31.3 Å². The summed E-state index contributed by atoms with van der Waals surface area (Å²) >= 11 is 0. The molecule has 2 aromatic carbocycles. The number of benzene rings is 2. The normalized spacial score (nSPS) is 10.6. The number of ketones is 1. The fraction of sp³-hybridized carbons (Fsp3) is 0.316. The van der Waals surface area contributed by atoms with Gasteiger partial charge in [0, 0.05) is 12.0 Å². The SMILES string of the molecule is CNCCc1ccccc1C(=O)Cc1cc(C)cc(C)c1. The predicted octanol–water partition coefficient (Wildman–Crippen LogP) is 3.49. The Kier molecular flexibility index (Phi) is 5.29. The van der Waals surface area contributed by atoms with Gasteiger partial charge in [0.2, 0.25) is 0 Å². The number of likely N-dealkylation sites (N-methyl/N-ethyl adjacent to an activating group) is 1. The Balaban J connectivity index is 2.20. The molecular formula is C19H23NO. The highest BCUT2D eigenvalue weighted by Gasteiger charge is 2.11. The molecule has 2 nitrogen and oxygen atoms in total. The average Bonchev–Trinajstić information content (AvgIpc) is 2.44. The third kappa shape index (κ3) is 4.27. The van der Waals surface area contributed by atoms with Crippen molar-refractivity contribution in [3.05, 3.63) is 70.3 Å². The number of rotatable bonds is 6. The summed E-state index contributed by atoms with van der Waals surface area (Å²) < 4.78 is 0. The van der Waals surface area contributed by atoms with Crippen LogP contribution in [0.4, 0.5) is 0 Å². The number of carbonyl (C=O) groups is 1. The number of nitrogens with one attached hydrogen (secondary N) is 1. The maximum atomic E-state index is 12.6. The van der Waals surface area contributed by atoms with Crippen LogP contribution in [-0.4, -0.2) is 19.4 Å². The molecule has 0 heterocycles. The highest BCUT2D eigenvalue weighted by atomic mass is 16.1. The second kappa shape index (κ2) is 7.19. The molecule has 2 heteroatoms. The van der Waals surface area contributed by atoms with Crippen molar-refractivity contribution in [2.75, 3.05) is 13.6 Å². The van der Waals surface area contributed by atoms with Crippen LogP contribution in [0.3, 0.4) is 0 Å². The Bertz CT molecular complexity index is 611. The molecule has 0 amide bonds. The Labute approximate surface area is 127 Å². The van der Waals surface area contributed by atoms with E-state index in [1.54, 1.807) is 0 Å². The van der Waals surface area contributed by atoms with E-state index in [0.29, 0.717) is 6.42 Å². The van der Waals surface area contributed by atoms with Crippen molar-refractivity contribution < 1.29 is 4.79 Å². The third-order valence-corrected chi connectivity index (χ3v) is 3.61. The zero-order valence-corrected chi connectivity index (χ0v) is 13.1. The summed E-state index contributed by atoms with van der Waals surface area (Å²) in [4.78, 5) is 12.6. The van der Waals surface area contributed by atoms with Crippen molar-refractivity contribution in [2.24, 2.45) is 0 Å². The minimum Gasteiger partial charge on any atom is -0.319 e. The van der Waals surface area contributed by atoms with Crippen LogP contribution in [-0.2, 0) is 12.8 Å². The second-order valence-electron chi connectivity index (χ2n) is 5.61. The van der Waals surface area contributed by atoms with Crippen LogP contribution in [0.15, 0.2) is 42.5 Å². The van der Waals surface area contributed by atoms with Gasteiger partial charge in [-0.15, -0.1) is 0 Å². The van der Waals surface area contributed by atoms with E-state index in [1.165, 1.54) is 11.1 Å². The maximum absolute atomic E-state index is 12.6. The lowest BCUT2D eigenvalue weighted by Crippen LogP contribution is -2.14. The summed E-state index contributed by atoms with van der Waals surface area (Å²) in [5, 5.41) is 3.14. The molecule has 0 spiro atoms. The molecule has 0 aliphatic carbocycles. The van der Waals surface area contributed by atoms with E-state index in [9.17, 15) is 4.79 Å². The third-order valence-electron chi connectivity index (χ3n) is 3.61. The summed E-state index contributed by atoms with van der Waals surface area (Å²) in [6.07, 6.45) is 1.35. The van der Waals surface area contributed by atoms with Crippen LogP contribution < -0.4 is 5.32 Å². The first-order chi connectivity index (χ1) is 10.1. The number of hydrogen-bond donors (Lipinski definition) is 1. The van der Waals surface area contributed by atoms with Crippen LogP contribution in [0.25, 0.3) is 0 Å². The Morgan fingerprint density at radius 1 is 1.05 bits per heavy atom. The molecule has 0 unspecified atom stereocenters. The van der Waals surface area contributed by atoms with Crippen LogP contribution in [0.5, 0.6) is 0 Å². The maximum Gasteiger partial charge on any atom is 0.167 e. The zero-order valence-electron chi connectivity index (χ0n) is 13.1. The molecular weight excluding hydrogens is 258 g/mol. The molecule has 0 saturated heterocycles. The predicted molar refractivity (Wildman–Crippen MR) is 88.0 cm³/mol. The number of aryl methyl sites for hydroxylation is 2. The molecule has 0 aliphatic rings. The van der Waals surface area contributed by atoms with Gasteiger partial charge in [-0.1, -0.05) is 53.6 Å². The first-order valence-electron chi connectivity index (χ1n) is 7.43. The molecule has 1 N–H and O–H groups in total. The zero-order chi connectivity index (χ0) is 15.2. The van der Waals surface area contributed by atoms with Crippen LogP contribution >= 0.6 is 0 Å². The minimum atomic E-state index is 0.201. The first kappa shape index (κ1) is 15.5. The topological polar surface area (TPSA) is 29.1 Å². The van der Waals surface area contributed by atoms with Gasteiger partial charge < -0.3 is 5.32 Å². The molecule has 0 radical (unpaired) electrons. The highest BCUT2D eigenvalue weighted by Crippen LogP contribution is 2.15. The van der Waals surface area contributed by atoms with Gasteiger partial charge in [-0.05, 0) is 45.0 Å². The van der Waals surface area contributed by atoms with E-state index in [4.69, 9.17) is 0 Å². The Hall–Kier alpha value is -1.93. The molecule has 0 fully saturated rings. The molecule has 0 atom stereocenters. The van der Waals surface area contributed by atoms with Crippen molar-refractivity contribution in [1.82, 2.24) is 5.32 Å². The average molecular weight is 281 g/mol. The number of carbonyl (C=O) groups excluding carboxylic acids is 1. The molecule has 2 aromatic rings. The van der Waals surface area contributed by atoms with Crippen molar-refractivity contribution in [2.45, 2.75) is 26.7 Å². The van der Waals surface area contributed by atoms with E-state index < -0.39 is 0 Å². The molecule has 2 rings (SSSR count). The van der Waals surface area contributed by atoms with Crippen molar-refractivity contribution in [1.29, 1.82) is 0 Å². The lowest BCUT2D eigenvalue weighted by molar-refractivity contribution is 0.0992. The van der Waals surface area contributed by atoms with E-state index >= 15 is 0 Å². The smallest absolute Gasteiger partial charge is 0.167 e. The fourth-order valence-corrected chi connectivity index (χ4v) is 2.72. The van der Waals surface area contributed by atoms with Crippen molar-refractivity contribution in [3.63, 3.8) is 0 Å². The van der Waals surface area contributed by atoms with Gasteiger partial charge in [-0.25, -0.2) is 0 Å². The fourth-order valence-electron chi connectivity index (χ4n) is 2.72. The van der Waals surface area contributed by atoms with Gasteiger partial charge in [-0.3, -0.25) is 4.79 Å². The van der Waals surface area contributed by atoms with Gasteiger partial charge >= 0.3 is 0 Å². The van der Waals surface area contributed by atoms with Gasteiger partial charge in [0.05, 0.1) is 0 Å². The van der Waals surface area contributed by atoms with Gasteiger partial charge in [0.1, 0.15) is 0 Å². The van der Waals surface area contributed by atoms with Gasteiger partial charge in [0.15, 0.2) is 5.78 Å². The number of hydrogen-bond acceptors (Lipinski definition) is 2. The quantitative estimate of drug-likeness (QED) is 0.821. The number of Topliss-reactive ketones (excluding diaryl/α,β-unsaturated/α-hetero) is 1. The molecule has 110 valence electrons. The minimum absolute atomic E-state index is 0.201. The van der Waals surface area contributed by atoms with E-state index in [2.05, 4.69) is 37.4 Å². The van der Waals surface area contributed by atoms with Crippen LogP contribution in [0, 0.1) is 13.8 Å². The molecule has 0 saturated carbocycles.